The van der Waals surface area contributed by atoms with Crippen molar-refractivity contribution < 1.29 is 28.9 Å². The Balaban J connectivity index is 2.08. The van der Waals surface area contributed by atoms with Crippen molar-refractivity contribution in [2.24, 2.45) is 0 Å². The van der Waals surface area contributed by atoms with Gasteiger partial charge in [0.2, 0.25) is 0 Å². The molecule has 1 unspecified atom stereocenters. The van der Waals surface area contributed by atoms with Crippen LogP contribution in [0.4, 0.5) is 4.39 Å². The lowest BCUT2D eigenvalue weighted by Crippen LogP contribution is -2.31. The molecule has 1 aliphatic rings. The van der Waals surface area contributed by atoms with Crippen LogP contribution in [0.2, 0.25) is 0 Å². The molecule has 0 saturated carbocycles. The Morgan fingerprint density at radius 2 is 1.87 bits per heavy atom. The molecule has 156 valence electrons. The molecule has 3 rings (SSSR count). The van der Waals surface area contributed by atoms with Gasteiger partial charge in [0.1, 0.15) is 23.9 Å². The van der Waals surface area contributed by atoms with E-state index in [9.17, 15) is 19.1 Å². The fraction of sp³-hybridized carbons (Fsp3) is 0.217. The van der Waals surface area contributed by atoms with Gasteiger partial charge in [-0.05, 0) is 36.8 Å². The molecule has 0 aliphatic carbocycles. The summed E-state index contributed by atoms with van der Waals surface area (Å²) in [6.07, 6.45) is 1.81. The summed E-state index contributed by atoms with van der Waals surface area (Å²) in [7, 11) is 0. The van der Waals surface area contributed by atoms with Crippen molar-refractivity contribution in [3.05, 3.63) is 83.7 Å². The minimum absolute atomic E-state index is 0.0468. The van der Waals surface area contributed by atoms with Gasteiger partial charge in [-0.25, -0.2) is 4.39 Å². The van der Waals surface area contributed by atoms with Crippen LogP contribution in [0.25, 0.3) is 5.76 Å². The second-order valence-corrected chi connectivity index (χ2v) is 6.72. The number of aliphatic hydroxyl groups excluding tert-OH is 2. The molecule has 0 radical (unpaired) electrons. The van der Waals surface area contributed by atoms with Crippen molar-refractivity contribution in [3.8, 4) is 5.75 Å². The van der Waals surface area contributed by atoms with Crippen molar-refractivity contribution >= 4 is 17.4 Å². The Bertz CT molecular complexity index is 983. The molecule has 1 atom stereocenters. The Hall–Kier alpha value is -3.45. The van der Waals surface area contributed by atoms with Crippen LogP contribution in [0.5, 0.6) is 5.75 Å². The number of carbonyl (C=O) groups excluding carboxylic acids is 2. The summed E-state index contributed by atoms with van der Waals surface area (Å²) in [5.74, 6) is -2.20. The zero-order valence-electron chi connectivity index (χ0n) is 16.3. The number of ether oxygens (including phenoxy) is 1. The first-order valence-corrected chi connectivity index (χ1v) is 9.47. The van der Waals surface area contributed by atoms with Crippen molar-refractivity contribution in [2.45, 2.75) is 12.5 Å². The van der Waals surface area contributed by atoms with Crippen LogP contribution >= 0.6 is 0 Å². The summed E-state index contributed by atoms with van der Waals surface area (Å²) in [4.78, 5) is 26.6. The third kappa shape index (κ3) is 4.11. The molecule has 6 nitrogen and oxygen atoms in total. The third-order valence-electron chi connectivity index (χ3n) is 4.79. The Morgan fingerprint density at radius 3 is 2.50 bits per heavy atom. The van der Waals surface area contributed by atoms with Crippen LogP contribution in [0.15, 0.2) is 66.8 Å². The summed E-state index contributed by atoms with van der Waals surface area (Å²) < 4.78 is 20.0. The van der Waals surface area contributed by atoms with Crippen molar-refractivity contribution in [3.63, 3.8) is 0 Å². The minimum atomic E-state index is -1.09. The highest BCUT2D eigenvalue weighted by molar-refractivity contribution is 6.46. The minimum Gasteiger partial charge on any atom is -0.507 e. The van der Waals surface area contributed by atoms with Gasteiger partial charge in [0, 0.05) is 24.3 Å². The molecule has 0 aromatic heterocycles. The largest absolute Gasteiger partial charge is 0.507 e. The lowest BCUT2D eigenvalue weighted by molar-refractivity contribution is -0.140. The average Bonchev–Trinajstić information content (AvgIpc) is 3.01. The molecule has 1 aliphatic heterocycles. The molecule has 2 N–H and O–H groups in total. The van der Waals surface area contributed by atoms with Crippen LogP contribution in [0.1, 0.15) is 23.6 Å². The van der Waals surface area contributed by atoms with Crippen LogP contribution in [-0.4, -0.2) is 46.6 Å². The monoisotopic (exact) mass is 411 g/mol. The van der Waals surface area contributed by atoms with E-state index in [1.165, 1.54) is 23.1 Å². The highest BCUT2D eigenvalue weighted by Gasteiger charge is 2.46. The number of hydrogen-bond acceptors (Lipinski definition) is 5. The number of ketones is 1. The molecule has 0 bridgehead atoms. The smallest absolute Gasteiger partial charge is 0.295 e. The van der Waals surface area contributed by atoms with Crippen LogP contribution in [-0.2, 0) is 9.59 Å². The highest BCUT2D eigenvalue weighted by atomic mass is 19.1. The normalized spacial score (nSPS) is 17.9. The molecule has 2 aromatic carbocycles. The molecule has 1 amide bonds. The second-order valence-electron chi connectivity index (χ2n) is 6.72. The predicted molar refractivity (Wildman–Crippen MR) is 109 cm³/mol. The van der Waals surface area contributed by atoms with Gasteiger partial charge >= 0.3 is 0 Å². The van der Waals surface area contributed by atoms with Gasteiger partial charge in [0.05, 0.1) is 11.6 Å². The van der Waals surface area contributed by atoms with Crippen molar-refractivity contribution in [1.82, 2.24) is 4.90 Å². The summed E-state index contributed by atoms with van der Waals surface area (Å²) in [5, 5.41) is 20.0. The predicted octanol–water partition coefficient (Wildman–Crippen LogP) is 3.19. The van der Waals surface area contributed by atoms with E-state index in [4.69, 9.17) is 9.84 Å². The molecule has 30 heavy (non-hydrogen) atoms. The summed E-state index contributed by atoms with van der Waals surface area (Å²) in [5.41, 5.74) is 0.201. The SMILES string of the molecule is C=CCOc1ccc(/C(O)=C2/C(=O)C(=O)N(CCCO)C2c2ccccc2F)cc1. The first-order chi connectivity index (χ1) is 14.5. The van der Waals surface area contributed by atoms with Crippen LogP contribution in [0.3, 0.4) is 0 Å². The topological polar surface area (TPSA) is 87.1 Å². The Labute approximate surface area is 173 Å². The van der Waals surface area contributed by atoms with Crippen molar-refractivity contribution in [2.75, 3.05) is 19.8 Å². The van der Waals surface area contributed by atoms with Gasteiger partial charge in [-0.1, -0.05) is 30.9 Å². The average molecular weight is 411 g/mol. The Morgan fingerprint density at radius 1 is 1.17 bits per heavy atom. The number of likely N-dealkylation sites (tertiary alicyclic amines) is 1. The lowest BCUT2D eigenvalue weighted by atomic mass is 9.95. The Kier molecular flexibility index (Phi) is 6.64. The maximum absolute atomic E-state index is 14.6. The van der Waals surface area contributed by atoms with Gasteiger partial charge in [0.15, 0.2) is 0 Å². The standard InChI is InChI=1S/C23H22FNO5/c1-2-14-30-16-10-8-15(9-11-16)21(27)19-20(17-6-3-4-7-18(17)24)25(12-5-13-26)23(29)22(19)28/h2-4,6-11,20,26-27H,1,5,12-14H2/b21-19-. The van der Waals surface area contributed by atoms with Crippen LogP contribution < -0.4 is 4.74 Å². The van der Waals surface area contributed by atoms with E-state index >= 15 is 0 Å². The molecule has 1 fully saturated rings. The number of hydrogen-bond donors (Lipinski definition) is 2. The first kappa shape index (κ1) is 21.3. The summed E-state index contributed by atoms with van der Waals surface area (Å²) in [6, 6.07) is 11.0. The number of benzene rings is 2. The molecular weight excluding hydrogens is 389 g/mol. The fourth-order valence-corrected chi connectivity index (χ4v) is 3.39. The molecule has 0 spiro atoms. The maximum atomic E-state index is 14.6. The zero-order valence-corrected chi connectivity index (χ0v) is 16.3. The molecule has 1 heterocycles. The third-order valence-corrected chi connectivity index (χ3v) is 4.79. The van der Waals surface area contributed by atoms with Gasteiger partial charge < -0.3 is 19.8 Å². The molecular formula is C23H22FNO5. The fourth-order valence-electron chi connectivity index (χ4n) is 3.39. The van der Waals surface area contributed by atoms with Gasteiger partial charge in [-0.15, -0.1) is 0 Å². The quantitative estimate of drug-likeness (QED) is 0.302. The van der Waals surface area contributed by atoms with E-state index in [-0.39, 0.29) is 30.7 Å². The van der Waals surface area contributed by atoms with E-state index in [1.54, 1.807) is 36.4 Å². The molecule has 2 aromatic rings. The van der Waals surface area contributed by atoms with Gasteiger partial charge in [0.25, 0.3) is 11.7 Å². The molecule has 7 heteroatoms. The summed E-state index contributed by atoms with van der Waals surface area (Å²) >= 11 is 0. The number of rotatable bonds is 8. The van der Waals surface area contributed by atoms with E-state index in [0.29, 0.717) is 17.9 Å². The number of carbonyl (C=O) groups is 2. The number of aliphatic hydroxyl groups is 2. The van der Waals surface area contributed by atoms with E-state index in [2.05, 4.69) is 6.58 Å². The number of Topliss-reactive ketones (excluding diaryl/α,β-unsaturated/α-hetero) is 1. The lowest BCUT2D eigenvalue weighted by Gasteiger charge is -2.25. The number of halogens is 1. The highest BCUT2D eigenvalue weighted by Crippen LogP contribution is 2.40. The van der Waals surface area contributed by atoms with Gasteiger partial charge in [-0.3, -0.25) is 9.59 Å². The summed E-state index contributed by atoms with van der Waals surface area (Å²) in [6.45, 7) is 3.73. The zero-order chi connectivity index (χ0) is 21.7. The molecule has 1 saturated heterocycles. The maximum Gasteiger partial charge on any atom is 0.295 e. The van der Waals surface area contributed by atoms with E-state index in [0.717, 1.165) is 0 Å². The van der Waals surface area contributed by atoms with Gasteiger partial charge in [-0.2, -0.15) is 0 Å². The van der Waals surface area contributed by atoms with E-state index < -0.39 is 29.3 Å². The van der Waals surface area contributed by atoms with Crippen molar-refractivity contribution in [1.29, 1.82) is 0 Å². The first-order valence-electron chi connectivity index (χ1n) is 9.47. The van der Waals surface area contributed by atoms with Crippen LogP contribution in [0, 0.1) is 5.82 Å². The second kappa shape index (κ2) is 9.37. The number of nitrogens with zero attached hydrogens (tertiary/aromatic N) is 1. The number of amides is 1. The van der Waals surface area contributed by atoms with E-state index in [1.807, 2.05) is 0 Å².